The van der Waals surface area contributed by atoms with Crippen LogP contribution in [0.2, 0.25) is 0 Å². The Bertz CT molecular complexity index is 650. The summed E-state index contributed by atoms with van der Waals surface area (Å²) in [6, 6.07) is 8.64. The fraction of sp³-hybridized carbons (Fsp3) is 0.579. The minimum absolute atomic E-state index is 0. The molecule has 2 aliphatic heterocycles. The standard InChI is InChI=1S/C19H28N4O2S.HI/c1-23(2)18(24)12-20-19(21-14-6-5-11-26-13-14)22-16-9-10-25-17-8-4-3-7-15(16)17;/h3-4,7-8,14,16H,5-6,9-13H2,1-2H3,(H2,20,21,22);1H. The van der Waals surface area contributed by atoms with Gasteiger partial charge in [-0.25, -0.2) is 4.99 Å². The first-order valence-electron chi connectivity index (χ1n) is 9.20. The third-order valence-electron chi connectivity index (χ3n) is 4.64. The van der Waals surface area contributed by atoms with Crippen LogP contribution in [0.3, 0.4) is 0 Å². The van der Waals surface area contributed by atoms with Crippen molar-refractivity contribution in [2.75, 3.05) is 38.8 Å². The highest BCUT2D eigenvalue weighted by Gasteiger charge is 2.23. The van der Waals surface area contributed by atoms with E-state index in [0.717, 1.165) is 35.9 Å². The fourth-order valence-corrected chi connectivity index (χ4v) is 4.20. The van der Waals surface area contributed by atoms with Gasteiger partial charge in [0.1, 0.15) is 12.3 Å². The molecule has 3 rings (SSSR count). The molecule has 2 atom stereocenters. The number of carbonyl (C=O) groups is 1. The maximum Gasteiger partial charge on any atom is 0.243 e. The molecule has 2 unspecified atom stereocenters. The number of ether oxygens (including phenoxy) is 1. The molecular formula is C19H29IN4O2S. The van der Waals surface area contributed by atoms with E-state index in [1.807, 2.05) is 30.0 Å². The van der Waals surface area contributed by atoms with Crippen molar-refractivity contribution in [2.45, 2.75) is 31.3 Å². The number of rotatable bonds is 4. The Labute approximate surface area is 182 Å². The molecule has 0 saturated carbocycles. The van der Waals surface area contributed by atoms with E-state index in [1.165, 1.54) is 12.2 Å². The van der Waals surface area contributed by atoms with Gasteiger partial charge in [-0.3, -0.25) is 4.79 Å². The molecular weight excluding hydrogens is 475 g/mol. The van der Waals surface area contributed by atoms with Gasteiger partial charge in [-0.1, -0.05) is 18.2 Å². The number of para-hydroxylation sites is 1. The van der Waals surface area contributed by atoms with Gasteiger partial charge in [0.25, 0.3) is 0 Å². The van der Waals surface area contributed by atoms with Gasteiger partial charge in [0, 0.05) is 37.9 Å². The molecule has 27 heavy (non-hydrogen) atoms. The van der Waals surface area contributed by atoms with Gasteiger partial charge < -0.3 is 20.3 Å². The van der Waals surface area contributed by atoms with E-state index in [9.17, 15) is 4.79 Å². The quantitative estimate of drug-likeness (QED) is 0.375. The monoisotopic (exact) mass is 504 g/mol. The van der Waals surface area contributed by atoms with Gasteiger partial charge in [-0.2, -0.15) is 11.8 Å². The number of nitrogens with one attached hydrogen (secondary N) is 2. The Hall–Kier alpha value is -1.16. The van der Waals surface area contributed by atoms with Gasteiger partial charge in [0.05, 0.1) is 12.6 Å². The van der Waals surface area contributed by atoms with E-state index in [2.05, 4.69) is 21.7 Å². The largest absolute Gasteiger partial charge is 0.493 e. The first kappa shape index (κ1) is 22.1. The molecule has 1 aromatic rings. The number of thioether (sulfide) groups is 1. The van der Waals surface area contributed by atoms with E-state index in [0.29, 0.717) is 12.6 Å². The average molecular weight is 504 g/mol. The molecule has 2 N–H and O–H groups in total. The molecule has 0 aliphatic carbocycles. The van der Waals surface area contributed by atoms with E-state index < -0.39 is 0 Å². The first-order valence-corrected chi connectivity index (χ1v) is 10.4. The van der Waals surface area contributed by atoms with Crippen LogP contribution in [0, 0.1) is 0 Å². The molecule has 2 heterocycles. The predicted octanol–water partition coefficient (Wildman–Crippen LogP) is 2.65. The number of likely N-dealkylation sites (N-methyl/N-ethyl adjacent to an activating group) is 1. The van der Waals surface area contributed by atoms with Crippen molar-refractivity contribution in [3.05, 3.63) is 29.8 Å². The second-order valence-corrected chi connectivity index (χ2v) is 8.03. The molecule has 1 saturated heterocycles. The van der Waals surface area contributed by atoms with Crippen LogP contribution >= 0.6 is 35.7 Å². The van der Waals surface area contributed by atoms with Crippen molar-refractivity contribution < 1.29 is 9.53 Å². The van der Waals surface area contributed by atoms with Gasteiger partial charge >= 0.3 is 0 Å². The summed E-state index contributed by atoms with van der Waals surface area (Å²) in [6.45, 7) is 0.824. The number of guanidine groups is 1. The number of hydrogen-bond donors (Lipinski definition) is 2. The van der Waals surface area contributed by atoms with Crippen molar-refractivity contribution in [1.82, 2.24) is 15.5 Å². The molecule has 0 radical (unpaired) electrons. The number of benzene rings is 1. The van der Waals surface area contributed by atoms with Crippen LogP contribution in [0.25, 0.3) is 0 Å². The van der Waals surface area contributed by atoms with Crippen molar-refractivity contribution in [2.24, 2.45) is 4.99 Å². The summed E-state index contributed by atoms with van der Waals surface area (Å²) in [7, 11) is 3.51. The topological polar surface area (TPSA) is 66.0 Å². The number of hydrogen-bond acceptors (Lipinski definition) is 4. The van der Waals surface area contributed by atoms with Crippen LogP contribution in [0.4, 0.5) is 0 Å². The van der Waals surface area contributed by atoms with E-state index >= 15 is 0 Å². The summed E-state index contributed by atoms with van der Waals surface area (Å²) in [5.74, 6) is 3.94. The molecule has 1 aromatic carbocycles. The highest BCUT2D eigenvalue weighted by atomic mass is 127. The summed E-state index contributed by atoms with van der Waals surface area (Å²) in [6.07, 6.45) is 3.23. The summed E-state index contributed by atoms with van der Waals surface area (Å²) < 4.78 is 5.75. The Morgan fingerprint density at radius 3 is 2.85 bits per heavy atom. The Balaban J connectivity index is 0.00000261. The van der Waals surface area contributed by atoms with Crippen molar-refractivity contribution in [3.8, 4) is 5.75 Å². The summed E-state index contributed by atoms with van der Waals surface area (Å²) in [5, 5.41) is 7.07. The zero-order chi connectivity index (χ0) is 18.4. The predicted molar refractivity (Wildman–Crippen MR) is 122 cm³/mol. The lowest BCUT2D eigenvalue weighted by atomic mass is 10.0. The van der Waals surface area contributed by atoms with Crippen LogP contribution in [0.5, 0.6) is 5.75 Å². The minimum atomic E-state index is -0.00324. The Morgan fingerprint density at radius 2 is 2.11 bits per heavy atom. The van der Waals surface area contributed by atoms with Gasteiger partial charge in [-0.05, 0) is 24.7 Å². The molecule has 1 amide bonds. The maximum atomic E-state index is 12.0. The molecule has 150 valence electrons. The average Bonchev–Trinajstić information content (AvgIpc) is 2.67. The highest BCUT2D eigenvalue weighted by Crippen LogP contribution is 2.31. The van der Waals surface area contributed by atoms with Crippen LogP contribution in [-0.2, 0) is 4.79 Å². The third-order valence-corrected chi connectivity index (χ3v) is 5.86. The zero-order valence-corrected chi connectivity index (χ0v) is 19.1. The molecule has 2 aliphatic rings. The summed E-state index contributed by atoms with van der Waals surface area (Å²) in [5.41, 5.74) is 1.14. The number of nitrogens with zero attached hydrogens (tertiary/aromatic N) is 2. The molecule has 8 heteroatoms. The van der Waals surface area contributed by atoms with Gasteiger partial charge in [0.15, 0.2) is 5.96 Å². The Kier molecular flexibility index (Phi) is 9.01. The van der Waals surface area contributed by atoms with E-state index in [4.69, 9.17) is 4.74 Å². The Morgan fingerprint density at radius 1 is 1.30 bits per heavy atom. The molecule has 0 bridgehead atoms. The van der Waals surface area contributed by atoms with Crippen molar-refractivity contribution in [3.63, 3.8) is 0 Å². The summed E-state index contributed by atoms with van der Waals surface area (Å²) >= 11 is 1.97. The van der Waals surface area contributed by atoms with E-state index in [-0.39, 0.29) is 42.5 Å². The van der Waals surface area contributed by atoms with Crippen molar-refractivity contribution >= 4 is 47.6 Å². The zero-order valence-electron chi connectivity index (χ0n) is 15.9. The molecule has 6 nitrogen and oxygen atoms in total. The second-order valence-electron chi connectivity index (χ2n) is 6.88. The highest BCUT2D eigenvalue weighted by molar-refractivity contribution is 14.0. The number of halogens is 1. The number of fused-ring (bicyclic) bond motifs is 1. The molecule has 0 spiro atoms. The molecule has 1 fully saturated rings. The SMILES string of the molecule is CN(C)C(=O)CN=C(NC1CCCSC1)NC1CCOc2ccccc21.I. The lowest BCUT2D eigenvalue weighted by Gasteiger charge is -2.30. The van der Waals surface area contributed by atoms with Crippen LogP contribution in [0.1, 0.15) is 30.9 Å². The van der Waals surface area contributed by atoms with Crippen LogP contribution < -0.4 is 15.4 Å². The second kappa shape index (κ2) is 11.0. The van der Waals surface area contributed by atoms with Crippen LogP contribution in [-0.4, -0.2) is 61.6 Å². The smallest absolute Gasteiger partial charge is 0.243 e. The maximum absolute atomic E-state index is 12.0. The van der Waals surface area contributed by atoms with E-state index in [1.54, 1.807) is 19.0 Å². The fourth-order valence-electron chi connectivity index (χ4n) is 3.13. The third kappa shape index (κ3) is 6.44. The first-order chi connectivity index (χ1) is 12.6. The number of aliphatic imine (C=N–C) groups is 1. The minimum Gasteiger partial charge on any atom is -0.493 e. The van der Waals surface area contributed by atoms with Crippen molar-refractivity contribution in [1.29, 1.82) is 0 Å². The van der Waals surface area contributed by atoms with Crippen LogP contribution in [0.15, 0.2) is 29.3 Å². The van der Waals surface area contributed by atoms with Gasteiger partial charge in [-0.15, -0.1) is 24.0 Å². The number of carbonyl (C=O) groups excluding carboxylic acids is 1. The lowest BCUT2D eigenvalue weighted by molar-refractivity contribution is -0.127. The lowest BCUT2D eigenvalue weighted by Crippen LogP contribution is -2.47. The summed E-state index contributed by atoms with van der Waals surface area (Å²) in [4.78, 5) is 18.1. The molecule has 0 aromatic heterocycles. The number of amides is 1. The van der Waals surface area contributed by atoms with Gasteiger partial charge in [0.2, 0.25) is 5.91 Å². The normalized spacial score (nSPS) is 21.9.